The molecule has 0 saturated carbocycles. The monoisotopic (exact) mass is 488 g/mol. The zero-order valence-electron chi connectivity index (χ0n) is 17.5. The molecule has 0 aliphatic heterocycles. The maximum absolute atomic E-state index is 12.9. The molecule has 166 valence electrons. The van der Waals surface area contributed by atoms with E-state index in [4.69, 9.17) is 5.11 Å². The fourth-order valence-corrected chi connectivity index (χ4v) is 6.15. The number of aliphatic hydroxyl groups excluding tert-OH is 1. The molecule has 3 nitrogen and oxygen atoms in total. The zero-order chi connectivity index (χ0) is 21.1. The third-order valence-corrected chi connectivity index (χ3v) is 8.66. The molecule has 0 radical (unpaired) electrons. The van der Waals surface area contributed by atoms with Crippen LogP contribution in [0.25, 0.3) is 0 Å². The van der Waals surface area contributed by atoms with Crippen LogP contribution in [-0.2, 0) is 41.5 Å². The van der Waals surface area contributed by atoms with Crippen LogP contribution in [0.15, 0.2) is 42.5 Å². The molecule has 0 spiro atoms. The molecule has 2 aromatic carbocycles. The van der Waals surface area contributed by atoms with Gasteiger partial charge < -0.3 is 0 Å². The minimum absolute atomic E-state index is 0.0175. The summed E-state index contributed by atoms with van der Waals surface area (Å²) in [6.07, 6.45) is 9.96. The molecule has 0 heterocycles. The Bertz CT molecular complexity index is 800. The molecule has 0 atom stereocenters. The molecule has 0 amide bonds. The van der Waals surface area contributed by atoms with Gasteiger partial charge in [-0.1, -0.05) is 0 Å². The van der Waals surface area contributed by atoms with Crippen molar-refractivity contribution in [3.8, 4) is 0 Å². The summed E-state index contributed by atoms with van der Waals surface area (Å²) in [5, 5.41) is 9.88. The number of rotatable bonds is 13. The van der Waals surface area contributed by atoms with Crippen LogP contribution in [0.4, 0.5) is 0 Å². The van der Waals surface area contributed by atoms with Gasteiger partial charge in [0.1, 0.15) is 0 Å². The third kappa shape index (κ3) is 7.98. The first-order valence-corrected chi connectivity index (χ1v) is 13.6. The Morgan fingerprint density at radius 2 is 1.38 bits per heavy atom. The Kier molecular flexibility index (Phi) is 11.2. The van der Waals surface area contributed by atoms with E-state index in [2.05, 4.69) is 6.92 Å². The van der Waals surface area contributed by atoms with Gasteiger partial charge in [-0.25, -0.2) is 0 Å². The van der Waals surface area contributed by atoms with Gasteiger partial charge in [-0.2, -0.15) is 0 Å². The van der Waals surface area contributed by atoms with Crippen molar-refractivity contribution in [2.45, 2.75) is 77.2 Å². The summed E-state index contributed by atoms with van der Waals surface area (Å²) in [6.45, 7) is 4.15. The quantitative estimate of drug-likeness (QED) is 0.421. The normalized spacial score (nSPS) is 12.1. The van der Waals surface area contributed by atoms with E-state index in [1.807, 2.05) is 25.1 Å². The zero-order valence-corrected chi connectivity index (χ0v) is 19.6. The first-order chi connectivity index (χ1) is 14.1. The number of benzene rings is 2. The number of aliphatic hydroxyl groups is 1. The third-order valence-electron chi connectivity index (χ3n) is 4.84. The van der Waals surface area contributed by atoms with Gasteiger partial charge in [-0.15, -0.1) is 0 Å². The molecule has 0 bridgehead atoms. The van der Waals surface area contributed by atoms with Gasteiger partial charge in [0.25, 0.3) is 0 Å². The molecule has 0 saturated heterocycles. The van der Waals surface area contributed by atoms with E-state index >= 15 is 0 Å². The number of hydrogen-bond acceptors (Lipinski definition) is 3. The number of aryl methyl sites for hydroxylation is 1. The van der Waals surface area contributed by atoms with Crippen LogP contribution in [0, 0.1) is 6.92 Å². The van der Waals surface area contributed by atoms with E-state index in [1.165, 1.54) is 38.5 Å². The molecule has 1 N–H and O–H groups in total. The minimum atomic E-state index is -1.66. The van der Waals surface area contributed by atoms with E-state index in [1.54, 1.807) is 24.3 Å². The van der Waals surface area contributed by atoms with E-state index in [0.717, 1.165) is 42.8 Å². The fourth-order valence-electron chi connectivity index (χ4n) is 3.08. The van der Waals surface area contributed by atoms with Crippen molar-refractivity contribution < 1.29 is 40.0 Å². The maximum atomic E-state index is 12.9. The standard InChI is InChI=1S/C10H21.C7H7O.C7H6.2Co.2O/c1-3-5-7-9-10-8-6-4-2;8-6-7-4-2-1-3-5-7;1-7-5-3-2-4-6-7;;;;/h1,3-10H2,2H3;2-5,8H,6H2;2-3,6H,1H3;;;;. The Hall–Kier alpha value is -0.987. The van der Waals surface area contributed by atoms with E-state index in [-0.39, 0.29) is 6.61 Å². The molecule has 2 rings (SSSR count). The first kappa shape index (κ1) is 24.3. The number of hydrogen-bond donors (Lipinski definition) is 1. The summed E-state index contributed by atoms with van der Waals surface area (Å²) >= 11 is -3.03. The van der Waals surface area contributed by atoms with Crippen LogP contribution in [0.5, 0.6) is 0 Å². The van der Waals surface area contributed by atoms with Gasteiger partial charge in [-0.3, -0.25) is 0 Å². The average Bonchev–Trinajstić information content (AvgIpc) is 2.75. The van der Waals surface area contributed by atoms with Crippen molar-refractivity contribution in [1.29, 1.82) is 0 Å². The van der Waals surface area contributed by atoms with Crippen LogP contribution < -0.4 is 13.5 Å². The Morgan fingerprint density at radius 1 is 0.793 bits per heavy atom. The summed E-state index contributed by atoms with van der Waals surface area (Å²) < 4.78 is 27.9. The van der Waals surface area contributed by atoms with Crippen molar-refractivity contribution in [2.24, 2.45) is 0 Å². The van der Waals surface area contributed by atoms with Crippen molar-refractivity contribution in [3.05, 3.63) is 53.6 Å². The van der Waals surface area contributed by atoms with Crippen LogP contribution in [0.2, 0.25) is 5.36 Å². The molecular formula is C24H34Co2O3. The van der Waals surface area contributed by atoms with Crippen LogP contribution in [0.1, 0.15) is 69.4 Å². The summed E-state index contributed by atoms with van der Waals surface area (Å²) in [7, 11) is 0. The molecule has 5 heteroatoms. The van der Waals surface area contributed by atoms with Crippen molar-refractivity contribution in [3.63, 3.8) is 0 Å². The topological polar surface area (TPSA) is 54.4 Å². The average molecular weight is 488 g/mol. The van der Waals surface area contributed by atoms with Gasteiger partial charge in [-0.05, 0) is 0 Å². The second-order valence-corrected chi connectivity index (χ2v) is 11.1. The summed E-state index contributed by atoms with van der Waals surface area (Å²) in [5.41, 5.74) is 1.73. The predicted molar refractivity (Wildman–Crippen MR) is 111 cm³/mol. The molecule has 2 aromatic rings. The van der Waals surface area contributed by atoms with Crippen molar-refractivity contribution >= 4 is 13.5 Å². The molecule has 0 fully saturated rings. The van der Waals surface area contributed by atoms with E-state index < -0.39 is 27.2 Å². The molecular weight excluding hydrogens is 454 g/mol. The Balaban J connectivity index is 1.86. The summed E-state index contributed by atoms with van der Waals surface area (Å²) in [4.78, 5) is 0. The number of unbranched alkanes of at least 4 members (excludes halogenated alkanes) is 7. The van der Waals surface area contributed by atoms with Gasteiger partial charge in [0, 0.05) is 0 Å². The van der Waals surface area contributed by atoms with E-state index in [9.17, 15) is 7.73 Å². The summed E-state index contributed by atoms with van der Waals surface area (Å²) in [6, 6.07) is 12.9. The first-order valence-electron chi connectivity index (χ1n) is 10.4. The van der Waals surface area contributed by atoms with Crippen LogP contribution in [-0.4, -0.2) is 5.11 Å². The van der Waals surface area contributed by atoms with Crippen molar-refractivity contribution in [1.82, 2.24) is 0 Å². The SMILES string of the molecule is CCCCCCCCC[CH2][Co](=[O])[c]1cc[c]([Co](=[O])[c]2ccc(CO)cc2)c(C)c1. The molecule has 0 aliphatic rings. The van der Waals surface area contributed by atoms with Gasteiger partial charge in [0.2, 0.25) is 0 Å². The van der Waals surface area contributed by atoms with Gasteiger partial charge in [0.15, 0.2) is 0 Å². The van der Waals surface area contributed by atoms with Crippen molar-refractivity contribution in [2.75, 3.05) is 0 Å². The molecule has 29 heavy (non-hydrogen) atoms. The molecule has 0 aromatic heterocycles. The van der Waals surface area contributed by atoms with Crippen LogP contribution in [0.3, 0.4) is 0 Å². The van der Waals surface area contributed by atoms with Gasteiger partial charge in [0.05, 0.1) is 0 Å². The second kappa shape index (κ2) is 13.3. The summed E-state index contributed by atoms with van der Waals surface area (Å²) in [5.74, 6) is 0. The van der Waals surface area contributed by atoms with E-state index in [0.29, 0.717) is 0 Å². The Labute approximate surface area is 183 Å². The molecule has 0 aliphatic carbocycles. The fraction of sp³-hybridized carbons (Fsp3) is 0.500. The van der Waals surface area contributed by atoms with Gasteiger partial charge >= 0.3 is 184 Å². The predicted octanol–water partition coefficient (Wildman–Crippen LogP) is 4.55. The molecule has 0 unspecified atom stereocenters. The second-order valence-electron chi connectivity index (χ2n) is 7.25. The Morgan fingerprint density at radius 3 is 1.97 bits per heavy atom. The van der Waals surface area contributed by atoms with Crippen LogP contribution >= 0.6 is 0 Å².